The van der Waals surface area contributed by atoms with Gasteiger partial charge in [0.25, 0.3) is 5.91 Å². The van der Waals surface area contributed by atoms with Crippen LogP contribution >= 0.6 is 11.3 Å². The Labute approximate surface area is 144 Å². The van der Waals surface area contributed by atoms with Crippen molar-refractivity contribution in [3.63, 3.8) is 0 Å². The van der Waals surface area contributed by atoms with Crippen LogP contribution in [0.3, 0.4) is 0 Å². The van der Waals surface area contributed by atoms with E-state index in [-0.39, 0.29) is 5.91 Å². The van der Waals surface area contributed by atoms with Gasteiger partial charge < -0.3 is 9.80 Å². The van der Waals surface area contributed by atoms with Crippen LogP contribution in [0.25, 0.3) is 0 Å². The maximum atomic E-state index is 12.7. The molecule has 2 aliphatic heterocycles. The summed E-state index contributed by atoms with van der Waals surface area (Å²) >= 11 is 1.59. The van der Waals surface area contributed by atoms with Gasteiger partial charge in [-0.2, -0.15) is 0 Å². The van der Waals surface area contributed by atoms with Gasteiger partial charge in [0, 0.05) is 19.6 Å². The number of piperidine rings is 1. The Balaban J connectivity index is 1.51. The first-order valence-corrected chi connectivity index (χ1v) is 10.1. The van der Waals surface area contributed by atoms with Crippen molar-refractivity contribution in [3.05, 3.63) is 21.9 Å². The van der Waals surface area contributed by atoms with E-state index in [0.29, 0.717) is 0 Å². The molecule has 0 aliphatic carbocycles. The molecule has 0 saturated carbocycles. The Kier molecular flexibility index (Phi) is 5.76. The molecule has 23 heavy (non-hydrogen) atoms. The lowest BCUT2D eigenvalue weighted by atomic mass is 9.95. The summed E-state index contributed by atoms with van der Waals surface area (Å²) in [4.78, 5) is 18.4. The van der Waals surface area contributed by atoms with E-state index < -0.39 is 0 Å². The van der Waals surface area contributed by atoms with E-state index in [4.69, 9.17) is 0 Å². The van der Waals surface area contributed by atoms with Gasteiger partial charge in [-0.1, -0.05) is 6.92 Å². The standard InChI is InChI=1S/C19H30N2OS/c1-15-5-10-20(11-6-15)14-17-4-3-9-21(12-7-17)19(22)18-16(2)8-13-23-18/h8,13,15,17H,3-7,9-12,14H2,1-2H3. The van der Waals surface area contributed by atoms with Crippen LogP contribution in [0.2, 0.25) is 0 Å². The van der Waals surface area contributed by atoms with E-state index in [2.05, 4.69) is 22.8 Å². The third kappa shape index (κ3) is 4.36. The number of hydrogen-bond donors (Lipinski definition) is 0. The first-order valence-electron chi connectivity index (χ1n) is 9.19. The Morgan fingerprint density at radius 1 is 1.17 bits per heavy atom. The van der Waals surface area contributed by atoms with Crippen LogP contribution in [-0.2, 0) is 0 Å². The molecular formula is C19H30N2OS. The summed E-state index contributed by atoms with van der Waals surface area (Å²) < 4.78 is 0. The molecule has 2 aliphatic rings. The number of aryl methyl sites for hydroxylation is 1. The lowest BCUT2D eigenvalue weighted by Gasteiger charge is -2.32. The molecule has 3 heterocycles. The molecule has 128 valence electrons. The zero-order valence-electron chi connectivity index (χ0n) is 14.6. The molecule has 0 radical (unpaired) electrons. The SMILES string of the molecule is Cc1ccsc1C(=O)N1CCCC(CN2CCC(C)CC2)CC1. The number of rotatable bonds is 3. The topological polar surface area (TPSA) is 23.6 Å². The van der Waals surface area contributed by atoms with Gasteiger partial charge >= 0.3 is 0 Å². The van der Waals surface area contributed by atoms with Gasteiger partial charge in [0.15, 0.2) is 0 Å². The third-order valence-electron chi connectivity index (χ3n) is 5.58. The molecule has 1 aromatic rings. The summed E-state index contributed by atoms with van der Waals surface area (Å²) in [6.07, 6.45) is 6.32. The molecule has 0 aromatic carbocycles. The van der Waals surface area contributed by atoms with Gasteiger partial charge in [0.05, 0.1) is 4.88 Å². The summed E-state index contributed by atoms with van der Waals surface area (Å²) in [6, 6.07) is 2.05. The van der Waals surface area contributed by atoms with Crippen molar-refractivity contribution in [2.45, 2.75) is 46.0 Å². The van der Waals surface area contributed by atoms with Gasteiger partial charge in [-0.3, -0.25) is 4.79 Å². The van der Waals surface area contributed by atoms with Crippen molar-refractivity contribution in [1.29, 1.82) is 0 Å². The molecule has 2 fully saturated rings. The number of carbonyl (C=O) groups excluding carboxylic acids is 1. The van der Waals surface area contributed by atoms with Crippen LogP contribution in [0.15, 0.2) is 11.4 Å². The number of carbonyl (C=O) groups is 1. The molecule has 3 rings (SSSR count). The van der Waals surface area contributed by atoms with Crippen LogP contribution in [0.5, 0.6) is 0 Å². The van der Waals surface area contributed by atoms with E-state index >= 15 is 0 Å². The molecule has 1 unspecified atom stereocenters. The maximum Gasteiger partial charge on any atom is 0.264 e. The van der Waals surface area contributed by atoms with Crippen LogP contribution in [0.1, 0.15) is 54.3 Å². The van der Waals surface area contributed by atoms with Crippen molar-refractivity contribution < 1.29 is 4.79 Å². The molecule has 2 saturated heterocycles. The zero-order chi connectivity index (χ0) is 16.2. The summed E-state index contributed by atoms with van der Waals surface area (Å²) in [5, 5.41) is 2.03. The minimum atomic E-state index is 0.255. The van der Waals surface area contributed by atoms with Gasteiger partial charge in [0.1, 0.15) is 0 Å². The van der Waals surface area contributed by atoms with Gasteiger partial charge in [-0.25, -0.2) is 0 Å². The second-order valence-corrected chi connectivity index (χ2v) is 8.42. The largest absolute Gasteiger partial charge is 0.338 e. The first kappa shape index (κ1) is 17.0. The maximum absolute atomic E-state index is 12.7. The van der Waals surface area contributed by atoms with E-state index in [1.54, 1.807) is 11.3 Å². The minimum Gasteiger partial charge on any atom is -0.338 e. The number of thiophene rings is 1. The fourth-order valence-electron chi connectivity index (χ4n) is 3.90. The second-order valence-electron chi connectivity index (χ2n) is 7.50. The van der Waals surface area contributed by atoms with E-state index in [0.717, 1.165) is 41.8 Å². The van der Waals surface area contributed by atoms with Crippen LogP contribution in [-0.4, -0.2) is 48.4 Å². The van der Waals surface area contributed by atoms with Crippen molar-refractivity contribution in [2.24, 2.45) is 11.8 Å². The Hall–Kier alpha value is -0.870. The average Bonchev–Trinajstić information content (AvgIpc) is 2.84. The molecule has 3 nitrogen and oxygen atoms in total. The van der Waals surface area contributed by atoms with Crippen molar-refractivity contribution in [3.8, 4) is 0 Å². The lowest BCUT2D eigenvalue weighted by Crippen LogP contribution is -2.37. The van der Waals surface area contributed by atoms with Gasteiger partial charge in [0.2, 0.25) is 0 Å². The molecule has 0 bridgehead atoms. The van der Waals surface area contributed by atoms with E-state index in [9.17, 15) is 4.79 Å². The molecule has 1 aromatic heterocycles. The van der Waals surface area contributed by atoms with Gasteiger partial charge in [-0.05, 0) is 81.0 Å². The Morgan fingerprint density at radius 3 is 2.65 bits per heavy atom. The fourth-order valence-corrected chi connectivity index (χ4v) is 4.79. The average molecular weight is 335 g/mol. The lowest BCUT2D eigenvalue weighted by molar-refractivity contribution is 0.0762. The number of likely N-dealkylation sites (tertiary alicyclic amines) is 2. The van der Waals surface area contributed by atoms with Gasteiger partial charge in [-0.15, -0.1) is 11.3 Å². The second kappa shape index (κ2) is 7.80. The van der Waals surface area contributed by atoms with E-state index in [1.165, 1.54) is 45.3 Å². The third-order valence-corrected chi connectivity index (χ3v) is 6.59. The summed E-state index contributed by atoms with van der Waals surface area (Å²) in [6.45, 7) is 10.1. The first-order chi connectivity index (χ1) is 11.1. The monoisotopic (exact) mass is 334 g/mol. The number of nitrogens with zero attached hydrogens (tertiary/aromatic N) is 2. The highest BCUT2D eigenvalue weighted by molar-refractivity contribution is 7.12. The summed E-state index contributed by atoms with van der Waals surface area (Å²) in [7, 11) is 0. The minimum absolute atomic E-state index is 0.255. The molecule has 1 amide bonds. The molecular weight excluding hydrogens is 304 g/mol. The predicted octanol–water partition coefficient (Wildman–Crippen LogP) is 4.03. The number of amides is 1. The van der Waals surface area contributed by atoms with E-state index in [1.807, 2.05) is 12.3 Å². The smallest absolute Gasteiger partial charge is 0.264 e. The van der Waals surface area contributed by atoms with Crippen molar-refractivity contribution in [1.82, 2.24) is 9.80 Å². The van der Waals surface area contributed by atoms with Crippen LogP contribution < -0.4 is 0 Å². The van der Waals surface area contributed by atoms with Crippen molar-refractivity contribution in [2.75, 3.05) is 32.7 Å². The van der Waals surface area contributed by atoms with Crippen molar-refractivity contribution >= 4 is 17.2 Å². The normalized spacial score (nSPS) is 24.6. The predicted molar refractivity (Wildman–Crippen MR) is 97.1 cm³/mol. The number of hydrogen-bond acceptors (Lipinski definition) is 3. The fraction of sp³-hybridized carbons (Fsp3) is 0.737. The summed E-state index contributed by atoms with van der Waals surface area (Å²) in [5.74, 6) is 1.93. The highest BCUT2D eigenvalue weighted by atomic mass is 32.1. The molecule has 4 heteroatoms. The molecule has 0 spiro atoms. The highest BCUT2D eigenvalue weighted by Crippen LogP contribution is 2.25. The summed E-state index contributed by atoms with van der Waals surface area (Å²) in [5.41, 5.74) is 1.13. The van der Waals surface area contributed by atoms with Crippen LogP contribution in [0, 0.1) is 18.8 Å². The highest BCUT2D eigenvalue weighted by Gasteiger charge is 2.25. The Morgan fingerprint density at radius 2 is 1.96 bits per heavy atom. The molecule has 0 N–H and O–H groups in total. The Bertz CT molecular complexity index is 519. The van der Waals surface area contributed by atoms with Crippen LogP contribution in [0.4, 0.5) is 0 Å². The zero-order valence-corrected chi connectivity index (χ0v) is 15.4. The molecule has 1 atom stereocenters. The quantitative estimate of drug-likeness (QED) is 0.833.